The average molecular weight is 241 g/mol. The van der Waals surface area contributed by atoms with Gasteiger partial charge in [-0.1, -0.05) is 19.8 Å². The van der Waals surface area contributed by atoms with E-state index in [0.29, 0.717) is 0 Å². The van der Waals surface area contributed by atoms with Gasteiger partial charge in [-0.15, -0.1) is 10.2 Å². The van der Waals surface area contributed by atoms with Crippen molar-refractivity contribution >= 4 is 6.21 Å². The van der Waals surface area contributed by atoms with Crippen LogP contribution in [0.25, 0.3) is 5.69 Å². The first-order chi connectivity index (χ1) is 8.90. The molecule has 0 spiro atoms. The van der Waals surface area contributed by atoms with Crippen LogP contribution in [0.5, 0.6) is 0 Å². The molecule has 0 aliphatic carbocycles. The van der Waals surface area contributed by atoms with Crippen molar-refractivity contribution in [3.63, 3.8) is 0 Å². The lowest BCUT2D eigenvalue weighted by Gasteiger charge is -2.10. The molecular formula is C13H15N5. The molecule has 5 nitrogen and oxygen atoms in total. The number of hydrogen-bond donors (Lipinski definition) is 0. The Morgan fingerprint density at radius 2 is 2.33 bits per heavy atom. The van der Waals surface area contributed by atoms with E-state index in [4.69, 9.17) is 0 Å². The number of rotatable bonds is 3. The second-order valence-electron chi connectivity index (χ2n) is 4.40. The quantitative estimate of drug-likeness (QED) is 0.828. The highest BCUT2D eigenvalue weighted by atomic mass is 15.3. The van der Waals surface area contributed by atoms with Gasteiger partial charge in [-0.2, -0.15) is 0 Å². The maximum atomic E-state index is 4.60. The van der Waals surface area contributed by atoms with E-state index >= 15 is 0 Å². The highest BCUT2D eigenvalue weighted by Crippen LogP contribution is 2.27. The summed E-state index contributed by atoms with van der Waals surface area (Å²) in [6.07, 6.45) is 8.67. The molecule has 2 aromatic heterocycles. The van der Waals surface area contributed by atoms with E-state index in [1.54, 1.807) is 12.5 Å². The third kappa shape index (κ3) is 1.81. The van der Waals surface area contributed by atoms with E-state index in [2.05, 4.69) is 27.1 Å². The van der Waals surface area contributed by atoms with Crippen LogP contribution in [0.2, 0.25) is 0 Å². The molecule has 1 aliphatic heterocycles. The van der Waals surface area contributed by atoms with Crippen molar-refractivity contribution in [3.05, 3.63) is 36.2 Å². The van der Waals surface area contributed by atoms with Crippen LogP contribution in [-0.4, -0.2) is 26.0 Å². The van der Waals surface area contributed by atoms with Crippen molar-refractivity contribution in [3.8, 4) is 5.69 Å². The number of unbranched alkanes of at least 4 members (excludes halogenated alkanes) is 1. The highest BCUT2D eigenvalue weighted by molar-refractivity contribution is 5.83. The zero-order valence-corrected chi connectivity index (χ0v) is 10.3. The minimum absolute atomic E-state index is 0.0849. The summed E-state index contributed by atoms with van der Waals surface area (Å²) in [7, 11) is 0. The van der Waals surface area contributed by atoms with Gasteiger partial charge in [0.2, 0.25) is 0 Å². The largest absolute Gasteiger partial charge is 0.282 e. The van der Waals surface area contributed by atoms with Crippen LogP contribution < -0.4 is 0 Å². The number of aromatic nitrogens is 4. The fraction of sp³-hybridized carbons (Fsp3) is 0.385. The lowest BCUT2D eigenvalue weighted by Crippen LogP contribution is -2.05. The molecule has 5 heteroatoms. The highest BCUT2D eigenvalue weighted by Gasteiger charge is 2.21. The van der Waals surface area contributed by atoms with Gasteiger partial charge < -0.3 is 0 Å². The molecule has 3 rings (SSSR count). The first-order valence-corrected chi connectivity index (χ1v) is 6.28. The zero-order chi connectivity index (χ0) is 12.4. The molecule has 3 heterocycles. The number of nitrogens with zero attached hydrogens (tertiary/aromatic N) is 5. The molecule has 0 radical (unpaired) electrons. The molecule has 0 saturated heterocycles. The van der Waals surface area contributed by atoms with E-state index in [9.17, 15) is 0 Å². The Labute approximate surface area is 106 Å². The van der Waals surface area contributed by atoms with Crippen LogP contribution in [-0.2, 0) is 0 Å². The molecule has 0 amide bonds. The van der Waals surface area contributed by atoms with Gasteiger partial charge in [-0.3, -0.25) is 14.5 Å². The molecule has 0 fully saturated rings. The minimum Gasteiger partial charge on any atom is -0.282 e. The van der Waals surface area contributed by atoms with Crippen molar-refractivity contribution < 1.29 is 0 Å². The topological polar surface area (TPSA) is 56.0 Å². The number of pyridine rings is 1. The van der Waals surface area contributed by atoms with Crippen LogP contribution in [0, 0.1) is 0 Å². The van der Waals surface area contributed by atoms with E-state index in [1.807, 2.05) is 22.9 Å². The van der Waals surface area contributed by atoms with Crippen LogP contribution >= 0.6 is 0 Å². The summed E-state index contributed by atoms with van der Waals surface area (Å²) in [6, 6.07) is 4.02. The Balaban J connectivity index is 2.07. The molecule has 1 atom stereocenters. The number of hydrogen-bond acceptors (Lipinski definition) is 4. The smallest absolute Gasteiger partial charge is 0.162 e. The first kappa shape index (κ1) is 11.1. The summed E-state index contributed by atoms with van der Waals surface area (Å²) in [5, 5.41) is 8.24. The standard InChI is InChI=1S/C13H15N5/c1-2-3-5-10-13-17-16-9-18(13)12-6-4-7-14-11(12)8-15-10/h4,6-10H,2-3,5H2,1H3. The van der Waals surface area contributed by atoms with Gasteiger partial charge >= 0.3 is 0 Å². The molecule has 0 aromatic carbocycles. The van der Waals surface area contributed by atoms with Gasteiger partial charge in [0.05, 0.1) is 5.69 Å². The van der Waals surface area contributed by atoms with Crippen LogP contribution in [0.1, 0.15) is 43.7 Å². The van der Waals surface area contributed by atoms with Gasteiger partial charge in [-0.25, -0.2) is 0 Å². The summed E-state index contributed by atoms with van der Waals surface area (Å²) in [6.45, 7) is 2.18. The van der Waals surface area contributed by atoms with Crippen LogP contribution in [0.15, 0.2) is 29.6 Å². The zero-order valence-electron chi connectivity index (χ0n) is 10.3. The summed E-state index contributed by atoms with van der Waals surface area (Å²) in [5.74, 6) is 0.909. The Kier molecular flexibility index (Phi) is 2.88. The van der Waals surface area contributed by atoms with Gasteiger partial charge in [0.1, 0.15) is 18.1 Å². The summed E-state index contributed by atoms with van der Waals surface area (Å²) < 4.78 is 2.00. The molecule has 0 N–H and O–H groups in total. The van der Waals surface area contributed by atoms with Crippen LogP contribution in [0.3, 0.4) is 0 Å². The van der Waals surface area contributed by atoms with E-state index in [0.717, 1.165) is 36.5 Å². The summed E-state index contributed by atoms with van der Waals surface area (Å²) >= 11 is 0. The lowest BCUT2D eigenvalue weighted by atomic mass is 10.1. The number of aliphatic imine (C=N–C) groups is 1. The minimum atomic E-state index is 0.0849. The van der Waals surface area contributed by atoms with Crippen molar-refractivity contribution in [1.82, 2.24) is 19.7 Å². The second kappa shape index (κ2) is 4.68. The molecule has 92 valence electrons. The summed E-state index contributed by atoms with van der Waals surface area (Å²) in [4.78, 5) is 8.95. The molecule has 1 unspecified atom stereocenters. The predicted octanol–water partition coefficient (Wildman–Crippen LogP) is 2.33. The van der Waals surface area contributed by atoms with E-state index in [-0.39, 0.29) is 6.04 Å². The van der Waals surface area contributed by atoms with E-state index in [1.165, 1.54) is 0 Å². The van der Waals surface area contributed by atoms with Crippen molar-refractivity contribution in [2.24, 2.45) is 4.99 Å². The van der Waals surface area contributed by atoms with Gasteiger partial charge in [-0.05, 0) is 18.6 Å². The molecule has 1 aliphatic rings. The van der Waals surface area contributed by atoms with Gasteiger partial charge in [0.25, 0.3) is 0 Å². The van der Waals surface area contributed by atoms with Gasteiger partial charge in [0, 0.05) is 12.4 Å². The lowest BCUT2D eigenvalue weighted by molar-refractivity contribution is 0.572. The SMILES string of the molecule is CCCCC1N=Cc2ncccc2-n2cnnc21. The second-order valence-corrected chi connectivity index (χ2v) is 4.40. The van der Waals surface area contributed by atoms with Crippen molar-refractivity contribution in [2.75, 3.05) is 0 Å². The fourth-order valence-electron chi connectivity index (χ4n) is 2.20. The normalized spacial score (nSPS) is 17.1. The van der Waals surface area contributed by atoms with Crippen LogP contribution in [0.4, 0.5) is 0 Å². The monoisotopic (exact) mass is 241 g/mol. The Bertz CT molecular complexity index is 572. The third-order valence-electron chi connectivity index (χ3n) is 3.16. The maximum Gasteiger partial charge on any atom is 0.162 e. The Hall–Kier alpha value is -2.04. The third-order valence-corrected chi connectivity index (χ3v) is 3.16. The molecular weight excluding hydrogens is 226 g/mol. The summed E-state index contributed by atoms with van der Waals surface area (Å²) in [5.41, 5.74) is 1.87. The maximum absolute atomic E-state index is 4.60. The first-order valence-electron chi connectivity index (χ1n) is 6.28. The molecule has 0 bridgehead atoms. The Morgan fingerprint density at radius 3 is 3.22 bits per heavy atom. The van der Waals surface area contributed by atoms with E-state index < -0.39 is 0 Å². The number of fused-ring (bicyclic) bond motifs is 3. The molecule has 0 saturated carbocycles. The fourth-order valence-corrected chi connectivity index (χ4v) is 2.20. The molecule has 18 heavy (non-hydrogen) atoms. The van der Waals surface area contributed by atoms with Gasteiger partial charge in [0.15, 0.2) is 5.82 Å². The van der Waals surface area contributed by atoms with Crippen molar-refractivity contribution in [2.45, 2.75) is 32.2 Å². The average Bonchev–Trinajstić information content (AvgIpc) is 2.83. The van der Waals surface area contributed by atoms with Crippen molar-refractivity contribution in [1.29, 1.82) is 0 Å². The Morgan fingerprint density at radius 1 is 1.39 bits per heavy atom. The predicted molar refractivity (Wildman–Crippen MR) is 69.0 cm³/mol. The molecule has 2 aromatic rings.